The fourth-order valence-corrected chi connectivity index (χ4v) is 2.39. The Kier molecular flexibility index (Phi) is 4.94. The van der Waals surface area contributed by atoms with E-state index >= 15 is 0 Å². The van der Waals surface area contributed by atoms with E-state index < -0.39 is 0 Å². The van der Waals surface area contributed by atoms with Crippen LogP contribution in [0.25, 0.3) is 0 Å². The van der Waals surface area contributed by atoms with Crippen LogP contribution >= 0.6 is 0 Å². The van der Waals surface area contributed by atoms with Crippen molar-refractivity contribution < 1.29 is 14.0 Å². The molecule has 0 bridgehead atoms. The van der Waals surface area contributed by atoms with Crippen molar-refractivity contribution in [3.05, 3.63) is 29.6 Å². The third-order valence-corrected chi connectivity index (χ3v) is 3.63. The zero-order valence-electron chi connectivity index (χ0n) is 12.5. The second-order valence-corrected chi connectivity index (χ2v) is 5.78. The van der Waals surface area contributed by atoms with Gasteiger partial charge in [-0.25, -0.2) is 4.39 Å². The first-order valence-corrected chi connectivity index (χ1v) is 7.33. The average Bonchev–Trinajstić information content (AvgIpc) is 2.85. The van der Waals surface area contributed by atoms with E-state index in [0.29, 0.717) is 24.6 Å². The van der Waals surface area contributed by atoms with E-state index in [1.807, 2.05) is 13.8 Å². The van der Waals surface area contributed by atoms with Crippen LogP contribution in [-0.4, -0.2) is 24.9 Å². The van der Waals surface area contributed by atoms with Crippen molar-refractivity contribution in [2.24, 2.45) is 5.92 Å². The standard InChI is InChI=1S/C16H21FN2O2/c1-11(2)3-6-15(20)18-10-16(21)19-8-7-12-4-5-13(17)9-14(12)19/h4-5,9,11H,3,6-8,10H2,1-2H3,(H,18,20). The van der Waals surface area contributed by atoms with E-state index in [9.17, 15) is 14.0 Å². The molecule has 2 amide bonds. The fourth-order valence-electron chi connectivity index (χ4n) is 2.39. The lowest BCUT2D eigenvalue weighted by molar-refractivity contribution is -0.125. The Bertz CT molecular complexity index is 543. The minimum absolute atomic E-state index is 0.0348. The maximum atomic E-state index is 13.3. The minimum atomic E-state index is -0.352. The molecule has 1 aliphatic heterocycles. The normalized spacial score (nSPS) is 13.4. The lowest BCUT2D eigenvalue weighted by Crippen LogP contribution is -2.39. The summed E-state index contributed by atoms with van der Waals surface area (Å²) in [4.78, 5) is 25.3. The van der Waals surface area contributed by atoms with Gasteiger partial charge in [-0.05, 0) is 36.5 Å². The Morgan fingerprint density at radius 1 is 1.38 bits per heavy atom. The average molecular weight is 292 g/mol. The molecule has 5 heteroatoms. The molecule has 0 saturated heterocycles. The third kappa shape index (κ3) is 4.03. The highest BCUT2D eigenvalue weighted by atomic mass is 19.1. The van der Waals surface area contributed by atoms with Gasteiger partial charge in [0, 0.05) is 18.7 Å². The van der Waals surface area contributed by atoms with E-state index in [1.54, 1.807) is 11.0 Å². The number of hydrogen-bond acceptors (Lipinski definition) is 2. The van der Waals surface area contributed by atoms with E-state index in [4.69, 9.17) is 0 Å². The van der Waals surface area contributed by atoms with Gasteiger partial charge in [0.2, 0.25) is 11.8 Å². The first kappa shape index (κ1) is 15.5. The van der Waals surface area contributed by atoms with Crippen LogP contribution in [0.1, 0.15) is 32.3 Å². The maximum absolute atomic E-state index is 13.3. The number of nitrogens with one attached hydrogen (secondary N) is 1. The number of nitrogens with zero attached hydrogens (tertiary/aromatic N) is 1. The fraction of sp³-hybridized carbons (Fsp3) is 0.500. The SMILES string of the molecule is CC(C)CCC(=O)NCC(=O)N1CCc2ccc(F)cc21. The molecule has 1 aromatic carbocycles. The molecule has 0 radical (unpaired) electrons. The summed E-state index contributed by atoms with van der Waals surface area (Å²) in [6.07, 6.45) is 1.95. The highest BCUT2D eigenvalue weighted by molar-refractivity contribution is 5.98. The quantitative estimate of drug-likeness (QED) is 0.905. The van der Waals surface area contributed by atoms with Gasteiger partial charge in [-0.15, -0.1) is 0 Å². The Balaban J connectivity index is 1.88. The molecule has 4 nitrogen and oxygen atoms in total. The van der Waals surface area contributed by atoms with Gasteiger partial charge in [-0.1, -0.05) is 19.9 Å². The molecule has 1 aromatic rings. The Morgan fingerprint density at radius 2 is 2.14 bits per heavy atom. The Morgan fingerprint density at radius 3 is 2.86 bits per heavy atom. The van der Waals surface area contributed by atoms with Gasteiger partial charge in [-0.2, -0.15) is 0 Å². The highest BCUT2D eigenvalue weighted by Crippen LogP contribution is 2.28. The van der Waals surface area contributed by atoms with Gasteiger partial charge in [0.15, 0.2) is 0 Å². The zero-order valence-corrected chi connectivity index (χ0v) is 12.5. The number of halogens is 1. The summed E-state index contributed by atoms with van der Waals surface area (Å²) in [6.45, 7) is 4.61. The molecule has 0 aromatic heterocycles. The number of carbonyl (C=O) groups excluding carboxylic acids is 2. The van der Waals surface area contributed by atoms with Crippen LogP contribution in [0.2, 0.25) is 0 Å². The summed E-state index contributed by atoms with van der Waals surface area (Å²) < 4.78 is 13.3. The summed E-state index contributed by atoms with van der Waals surface area (Å²) in [6, 6.07) is 4.49. The Labute approximate surface area is 124 Å². The van der Waals surface area contributed by atoms with E-state index in [2.05, 4.69) is 5.32 Å². The number of fused-ring (bicyclic) bond motifs is 1. The number of hydrogen-bond donors (Lipinski definition) is 1. The van der Waals surface area contributed by atoms with Gasteiger partial charge in [0.25, 0.3) is 0 Å². The first-order valence-electron chi connectivity index (χ1n) is 7.33. The molecule has 21 heavy (non-hydrogen) atoms. The second kappa shape index (κ2) is 6.70. The molecule has 1 aliphatic rings. The first-order chi connectivity index (χ1) is 9.97. The predicted octanol–water partition coefficient (Wildman–Crippen LogP) is 2.27. The van der Waals surface area contributed by atoms with Crippen molar-refractivity contribution in [3.63, 3.8) is 0 Å². The van der Waals surface area contributed by atoms with Crippen LogP contribution in [0.4, 0.5) is 10.1 Å². The van der Waals surface area contributed by atoms with Crippen LogP contribution in [0.3, 0.4) is 0 Å². The monoisotopic (exact) mass is 292 g/mol. The number of carbonyl (C=O) groups is 2. The lowest BCUT2D eigenvalue weighted by atomic mass is 10.1. The molecule has 0 fully saturated rings. The van der Waals surface area contributed by atoms with Crippen LogP contribution < -0.4 is 10.2 Å². The molecular weight excluding hydrogens is 271 g/mol. The van der Waals surface area contributed by atoms with Crippen molar-refractivity contribution in [1.29, 1.82) is 0 Å². The van der Waals surface area contributed by atoms with Crippen molar-refractivity contribution in [2.45, 2.75) is 33.1 Å². The van der Waals surface area contributed by atoms with E-state index in [0.717, 1.165) is 18.4 Å². The third-order valence-electron chi connectivity index (χ3n) is 3.63. The summed E-state index contributed by atoms with van der Waals surface area (Å²) in [5.74, 6) is -0.206. The largest absolute Gasteiger partial charge is 0.347 e. The van der Waals surface area contributed by atoms with E-state index in [1.165, 1.54) is 12.1 Å². The summed E-state index contributed by atoms with van der Waals surface area (Å²) in [5.41, 5.74) is 1.59. The maximum Gasteiger partial charge on any atom is 0.246 e. The molecule has 114 valence electrons. The van der Waals surface area contributed by atoms with Crippen molar-refractivity contribution in [2.75, 3.05) is 18.0 Å². The summed E-state index contributed by atoms with van der Waals surface area (Å²) in [5, 5.41) is 2.64. The molecule has 2 rings (SSSR count). The molecule has 1 heterocycles. The van der Waals surface area contributed by atoms with Gasteiger partial charge in [-0.3, -0.25) is 9.59 Å². The molecule has 0 aliphatic carbocycles. The molecule has 1 N–H and O–H groups in total. The highest BCUT2D eigenvalue weighted by Gasteiger charge is 2.25. The number of benzene rings is 1. The molecular formula is C16H21FN2O2. The van der Waals surface area contributed by atoms with Gasteiger partial charge < -0.3 is 10.2 Å². The zero-order chi connectivity index (χ0) is 15.4. The van der Waals surface area contributed by atoms with Crippen LogP contribution in [0, 0.1) is 11.7 Å². The smallest absolute Gasteiger partial charge is 0.246 e. The lowest BCUT2D eigenvalue weighted by Gasteiger charge is -2.17. The molecule has 0 atom stereocenters. The number of anilines is 1. The molecule has 0 saturated carbocycles. The summed E-state index contributed by atoms with van der Waals surface area (Å²) in [7, 11) is 0. The number of rotatable bonds is 5. The van der Waals surface area contributed by atoms with Crippen molar-refractivity contribution >= 4 is 17.5 Å². The topological polar surface area (TPSA) is 49.4 Å². The van der Waals surface area contributed by atoms with Gasteiger partial charge >= 0.3 is 0 Å². The van der Waals surface area contributed by atoms with Gasteiger partial charge in [0.1, 0.15) is 5.82 Å². The summed E-state index contributed by atoms with van der Waals surface area (Å²) >= 11 is 0. The van der Waals surface area contributed by atoms with Crippen LogP contribution in [-0.2, 0) is 16.0 Å². The van der Waals surface area contributed by atoms with Crippen molar-refractivity contribution in [1.82, 2.24) is 5.32 Å². The molecule has 0 unspecified atom stereocenters. The van der Waals surface area contributed by atoms with E-state index in [-0.39, 0.29) is 24.2 Å². The Hall–Kier alpha value is -1.91. The molecule has 0 spiro atoms. The minimum Gasteiger partial charge on any atom is -0.347 e. The van der Waals surface area contributed by atoms with Crippen LogP contribution in [0.15, 0.2) is 18.2 Å². The number of amides is 2. The second-order valence-electron chi connectivity index (χ2n) is 5.78. The van der Waals surface area contributed by atoms with Crippen molar-refractivity contribution in [3.8, 4) is 0 Å². The van der Waals surface area contributed by atoms with Crippen LogP contribution in [0.5, 0.6) is 0 Å². The van der Waals surface area contributed by atoms with Gasteiger partial charge in [0.05, 0.1) is 6.54 Å². The predicted molar refractivity (Wildman–Crippen MR) is 79.5 cm³/mol.